The minimum absolute atomic E-state index is 0.113. The molecule has 0 aliphatic rings. The van der Waals surface area contributed by atoms with Crippen LogP contribution in [-0.4, -0.2) is 22.2 Å². The molecule has 0 aliphatic heterocycles. The normalized spacial score (nSPS) is 10.1. The van der Waals surface area contributed by atoms with Crippen molar-refractivity contribution in [3.63, 3.8) is 0 Å². The molecular formula is C13H11NO5. The predicted molar refractivity (Wildman–Crippen MR) is 66.4 cm³/mol. The van der Waals surface area contributed by atoms with E-state index in [1.54, 1.807) is 18.2 Å². The lowest BCUT2D eigenvalue weighted by atomic mass is 10.2. The van der Waals surface area contributed by atoms with Crippen molar-refractivity contribution in [3.8, 4) is 0 Å². The lowest BCUT2D eigenvalue weighted by molar-refractivity contribution is 0.0658. The van der Waals surface area contributed by atoms with Gasteiger partial charge in [-0.05, 0) is 36.4 Å². The first-order chi connectivity index (χ1) is 9.06. The van der Waals surface area contributed by atoms with Crippen LogP contribution in [0.1, 0.15) is 26.7 Å². The Morgan fingerprint density at radius 1 is 1.00 bits per heavy atom. The first-order valence-corrected chi connectivity index (χ1v) is 5.45. The van der Waals surface area contributed by atoms with E-state index in [0.717, 1.165) is 5.69 Å². The van der Waals surface area contributed by atoms with E-state index in [1.807, 2.05) is 0 Å². The van der Waals surface area contributed by atoms with Crippen LogP contribution in [0.3, 0.4) is 0 Å². The molecule has 0 amide bonds. The molecule has 2 rings (SSSR count). The maximum Gasteiger partial charge on any atom is 0.371 e. The maximum absolute atomic E-state index is 10.7. The zero-order valence-corrected chi connectivity index (χ0v) is 9.79. The highest BCUT2D eigenvalue weighted by Crippen LogP contribution is 2.13. The molecule has 0 radical (unpaired) electrons. The second kappa shape index (κ2) is 5.26. The number of carboxylic acids is 2. The Morgan fingerprint density at radius 2 is 1.68 bits per heavy atom. The van der Waals surface area contributed by atoms with Gasteiger partial charge in [-0.1, -0.05) is 0 Å². The Hall–Kier alpha value is -2.76. The topological polar surface area (TPSA) is 99.8 Å². The molecule has 0 atom stereocenters. The molecule has 2 aromatic rings. The SMILES string of the molecule is O=C(O)c1ccc(NCc2ccc(C(=O)O)o2)cc1. The monoisotopic (exact) mass is 261 g/mol. The van der Waals surface area contributed by atoms with Crippen LogP contribution in [0.25, 0.3) is 0 Å². The number of hydrogen-bond donors (Lipinski definition) is 3. The molecule has 6 heteroatoms. The van der Waals surface area contributed by atoms with Crippen molar-refractivity contribution in [1.82, 2.24) is 0 Å². The second-order valence-corrected chi connectivity index (χ2v) is 3.81. The van der Waals surface area contributed by atoms with Gasteiger partial charge in [-0.2, -0.15) is 0 Å². The minimum Gasteiger partial charge on any atom is -0.478 e. The van der Waals surface area contributed by atoms with Gasteiger partial charge in [0.15, 0.2) is 0 Å². The molecule has 0 saturated heterocycles. The molecule has 1 aromatic heterocycles. The number of nitrogens with one attached hydrogen (secondary N) is 1. The summed E-state index contributed by atoms with van der Waals surface area (Å²) in [7, 11) is 0. The zero-order valence-electron chi connectivity index (χ0n) is 9.79. The van der Waals surface area contributed by atoms with Crippen molar-refractivity contribution >= 4 is 17.6 Å². The van der Waals surface area contributed by atoms with Crippen LogP contribution in [0.2, 0.25) is 0 Å². The van der Waals surface area contributed by atoms with Crippen LogP contribution in [0.15, 0.2) is 40.8 Å². The second-order valence-electron chi connectivity index (χ2n) is 3.81. The van der Waals surface area contributed by atoms with Crippen LogP contribution in [0.5, 0.6) is 0 Å². The molecule has 3 N–H and O–H groups in total. The fourth-order valence-corrected chi connectivity index (χ4v) is 1.51. The summed E-state index contributed by atoms with van der Waals surface area (Å²) >= 11 is 0. The fraction of sp³-hybridized carbons (Fsp3) is 0.0769. The predicted octanol–water partition coefficient (Wildman–Crippen LogP) is 2.29. The van der Waals surface area contributed by atoms with Gasteiger partial charge in [0, 0.05) is 5.69 Å². The van der Waals surface area contributed by atoms with Crippen LogP contribution in [0.4, 0.5) is 5.69 Å². The molecule has 1 aromatic carbocycles. The number of rotatable bonds is 5. The Labute approximate surface area is 108 Å². The Kier molecular flexibility index (Phi) is 3.51. The van der Waals surface area contributed by atoms with E-state index in [4.69, 9.17) is 14.6 Å². The van der Waals surface area contributed by atoms with Crippen LogP contribution >= 0.6 is 0 Å². The number of hydrogen-bond acceptors (Lipinski definition) is 4. The van der Waals surface area contributed by atoms with Crippen molar-refractivity contribution in [2.24, 2.45) is 0 Å². The molecular weight excluding hydrogens is 250 g/mol. The molecule has 0 bridgehead atoms. The molecule has 0 spiro atoms. The van der Waals surface area contributed by atoms with Gasteiger partial charge in [0.2, 0.25) is 5.76 Å². The zero-order chi connectivity index (χ0) is 13.8. The highest BCUT2D eigenvalue weighted by Gasteiger charge is 2.08. The maximum atomic E-state index is 10.7. The van der Waals surface area contributed by atoms with E-state index in [2.05, 4.69) is 5.32 Å². The average molecular weight is 261 g/mol. The molecule has 6 nitrogen and oxygen atoms in total. The molecule has 0 fully saturated rings. The summed E-state index contributed by atoms with van der Waals surface area (Å²) in [6.07, 6.45) is 0. The number of benzene rings is 1. The van der Waals surface area contributed by atoms with E-state index >= 15 is 0 Å². The van der Waals surface area contributed by atoms with Crippen molar-refractivity contribution < 1.29 is 24.2 Å². The highest BCUT2D eigenvalue weighted by molar-refractivity contribution is 5.88. The third kappa shape index (κ3) is 3.12. The summed E-state index contributed by atoms with van der Waals surface area (Å²) in [6, 6.07) is 9.18. The third-order valence-corrected chi connectivity index (χ3v) is 2.47. The summed E-state index contributed by atoms with van der Waals surface area (Å²) in [5.41, 5.74) is 0.926. The summed E-state index contributed by atoms with van der Waals surface area (Å²) in [6.45, 7) is 0.319. The van der Waals surface area contributed by atoms with Gasteiger partial charge < -0.3 is 19.9 Å². The summed E-state index contributed by atoms with van der Waals surface area (Å²) < 4.78 is 5.07. The fourth-order valence-electron chi connectivity index (χ4n) is 1.51. The van der Waals surface area contributed by atoms with Crippen LogP contribution in [-0.2, 0) is 6.54 Å². The number of carbonyl (C=O) groups is 2. The number of furan rings is 1. The minimum atomic E-state index is -1.11. The van der Waals surface area contributed by atoms with Gasteiger partial charge >= 0.3 is 11.9 Å². The van der Waals surface area contributed by atoms with Crippen molar-refractivity contribution in [2.45, 2.75) is 6.54 Å². The average Bonchev–Trinajstić information content (AvgIpc) is 2.86. The van der Waals surface area contributed by atoms with E-state index < -0.39 is 11.9 Å². The number of anilines is 1. The van der Waals surface area contributed by atoms with Crippen molar-refractivity contribution in [3.05, 3.63) is 53.5 Å². The first-order valence-electron chi connectivity index (χ1n) is 5.45. The van der Waals surface area contributed by atoms with Gasteiger partial charge in [0.1, 0.15) is 5.76 Å². The van der Waals surface area contributed by atoms with Crippen LogP contribution in [0, 0.1) is 0 Å². The summed E-state index contributed by atoms with van der Waals surface area (Å²) in [5, 5.41) is 20.4. The molecule has 0 unspecified atom stereocenters. The molecule has 0 saturated carbocycles. The molecule has 0 aliphatic carbocycles. The van der Waals surface area contributed by atoms with Gasteiger partial charge in [-0.3, -0.25) is 0 Å². The quantitative estimate of drug-likeness (QED) is 0.763. The van der Waals surface area contributed by atoms with E-state index in [9.17, 15) is 9.59 Å². The number of aromatic carboxylic acids is 2. The smallest absolute Gasteiger partial charge is 0.371 e. The van der Waals surface area contributed by atoms with Gasteiger partial charge in [-0.15, -0.1) is 0 Å². The third-order valence-electron chi connectivity index (χ3n) is 2.47. The lowest BCUT2D eigenvalue weighted by Crippen LogP contribution is -2.00. The van der Waals surface area contributed by atoms with E-state index in [0.29, 0.717) is 12.3 Å². The highest BCUT2D eigenvalue weighted by atomic mass is 16.4. The van der Waals surface area contributed by atoms with Gasteiger partial charge in [-0.25, -0.2) is 9.59 Å². The van der Waals surface area contributed by atoms with E-state index in [-0.39, 0.29) is 11.3 Å². The van der Waals surface area contributed by atoms with Crippen molar-refractivity contribution in [1.29, 1.82) is 0 Å². The first kappa shape index (κ1) is 12.7. The van der Waals surface area contributed by atoms with Gasteiger partial charge in [0.05, 0.1) is 12.1 Å². The van der Waals surface area contributed by atoms with Crippen molar-refractivity contribution in [2.75, 3.05) is 5.32 Å². The summed E-state index contributed by atoms with van der Waals surface area (Å²) in [5.74, 6) is -1.72. The van der Waals surface area contributed by atoms with Gasteiger partial charge in [0.25, 0.3) is 0 Å². The largest absolute Gasteiger partial charge is 0.478 e. The van der Waals surface area contributed by atoms with Crippen LogP contribution < -0.4 is 5.32 Å². The molecule has 1 heterocycles. The Bertz CT molecular complexity index is 600. The number of carboxylic acid groups (broad SMARTS) is 2. The Balaban J connectivity index is 1.97. The lowest BCUT2D eigenvalue weighted by Gasteiger charge is -2.04. The van der Waals surface area contributed by atoms with E-state index in [1.165, 1.54) is 18.2 Å². The molecule has 19 heavy (non-hydrogen) atoms. The Morgan fingerprint density at radius 3 is 2.21 bits per heavy atom. The standard InChI is InChI=1S/C13H11NO5/c15-12(16)8-1-3-9(4-2-8)14-7-10-5-6-11(19-10)13(17)18/h1-6,14H,7H2,(H,15,16)(H,17,18). The molecule has 98 valence electrons. The summed E-state index contributed by atoms with van der Waals surface area (Å²) in [4.78, 5) is 21.3.